The maximum atomic E-state index is 10.8. The van der Waals surface area contributed by atoms with E-state index >= 15 is 0 Å². The summed E-state index contributed by atoms with van der Waals surface area (Å²) >= 11 is 4.22. The summed E-state index contributed by atoms with van der Waals surface area (Å²) in [4.78, 5) is 0. The zero-order chi connectivity index (χ0) is 12.7. The Hall–Kier alpha value is 0.387. The van der Waals surface area contributed by atoms with Gasteiger partial charge in [-0.1, -0.05) is 0 Å². The molecular formula is C7H18O6S2Si. The lowest BCUT2D eigenvalue weighted by atomic mass is 10.9. The first-order chi connectivity index (χ1) is 7.39. The molecule has 0 heterocycles. The molecule has 0 aromatic heterocycles. The topological polar surface area (TPSA) is 74.2 Å². The normalized spacial score (nSPS) is 16.0. The molecule has 0 saturated heterocycles. The lowest BCUT2D eigenvalue weighted by molar-refractivity contribution is 0.0544. The number of hydrogen-bond acceptors (Lipinski definition) is 6. The zero-order valence-electron chi connectivity index (χ0n) is 9.63. The van der Waals surface area contributed by atoms with Crippen molar-refractivity contribution in [3.05, 3.63) is 0 Å². The standard InChI is InChI=1S/C7H18O6S2Si/c1-4-11-16(12-5-2,13-6-3)7-10-15(8,9)14/h4-7H2,1-3H3,(H,8,9,14). The van der Waals surface area contributed by atoms with Crippen LogP contribution in [-0.4, -0.2) is 43.6 Å². The molecule has 1 atom stereocenters. The Balaban J connectivity index is 4.58. The highest BCUT2D eigenvalue weighted by Gasteiger charge is 2.42. The van der Waals surface area contributed by atoms with Gasteiger partial charge in [-0.15, -0.1) is 0 Å². The van der Waals surface area contributed by atoms with Crippen LogP contribution in [0.1, 0.15) is 20.8 Å². The molecule has 9 heteroatoms. The minimum Gasteiger partial charge on any atom is -0.372 e. The summed E-state index contributed by atoms with van der Waals surface area (Å²) < 4.78 is 40.5. The van der Waals surface area contributed by atoms with Crippen molar-refractivity contribution in [3.8, 4) is 0 Å². The van der Waals surface area contributed by atoms with Crippen molar-refractivity contribution in [2.24, 2.45) is 0 Å². The van der Waals surface area contributed by atoms with Crippen molar-refractivity contribution < 1.29 is 26.2 Å². The van der Waals surface area contributed by atoms with E-state index in [4.69, 9.17) is 17.8 Å². The monoisotopic (exact) mass is 290 g/mol. The second kappa shape index (κ2) is 7.66. The molecule has 0 aromatic carbocycles. The van der Waals surface area contributed by atoms with E-state index in [9.17, 15) is 4.21 Å². The SMILES string of the molecule is CCO[Si](COS(=O)(O)=S)(OCC)OCC. The summed E-state index contributed by atoms with van der Waals surface area (Å²) in [5, 5.41) is 0. The summed E-state index contributed by atoms with van der Waals surface area (Å²) in [6.07, 6.45) is -0.221. The molecule has 0 aliphatic rings. The lowest BCUT2D eigenvalue weighted by Gasteiger charge is -2.27. The number of hydrogen-bond donors (Lipinski definition) is 1. The van der Waals surface area contributed by atoms with Crippen LogP contribution in [0.15, 0.2) is 0 Å². The van der Waals surface area contributed by atoms with Gasteiger partial charge in [-0.2, -0.15) is 4.21 Å². The fourth-order valence-electron chi connectivity index (χ4n) is 1.06. The van der Waals surface area contributed by atoms with E-state index in [0.717, 1.165) is 0 Å². The second-order valence-electron chi connectivity index (χ2n) is 2.67. The maximum absolute atomic E-state index is 10.8. The van der Waals surface area contributed by atoms with Crippen LogP contribution in [0.2, 0.25) is 0 Å². The molecule has 0 aliphatic heterocycles. The summed E-state index contributed by atoms with van der Waals surface area (Å²) in [6, 6.07) is 0. The Kier molecular flexibility index (Phi) is 7.85. The van der Waals surface area contributed by atoms with Gasteiger partial charge in [0.15, 0.2) is 0 Å². The molecule has 0 fully saturated rings. The van der Waals surface area contributed by atoms with Crippen LogP contribution in [-0.2, 0) is 37.7 Å². The fourth-order valence-corrected chi connectivity index (χ4v) is 4.48. The summed E-state index contributed by atoms with van der Waals surface area (Å²) in [7, 11) is -6.72. The van der Waals surface area contributed by atoms with Crippen molar-refractivity contribution >= 4 is 29.0 Å². The van der Waals surface area contributed by atoms with E-state index < -0.39 is 17.9 Å². The van der Waals surface area contributed by atoms with Gasteiger partial charge in [-0.05, 0) is 20.8 Å². The average Bonchev–Trinajstić information content (AvgIpc) is 2.15. The van der Waals surface area contributed by atoms with E-state index in [2.05, 4.69) is 15.4 Å². The molecule has 0 amide bonds. The van der Waals surface area contributed by atoms with Crippen LogP contribution in [0.3, 0.4) is 0 Å². The summed E-state index contributed by atoms with van der Waals surface area (Å²) in [5.41, 5.74) is 0. The predicted octanol–water partition coefficient (Wildman–Crippen LogP) is 0.725. The molecule has 16 heavy (non-hydrogen) atoms. The van der Waals surface area contributed by atoms with Crippen LogP contribution in [0.25, 0.3) is 0 Å². The van der Waals surface area contributed by atoms with Crippen molar-refractivity contribution in [2.45, 2.75) is 20.8 Å². The summed E-state index contributed by atoms with van der Waals surface area (Å²) in [5.74, 6) is 0. The van der Waals surface area contributed by atoms with Gasteiger partial charge in [0.05, 0.1) is 0 Å². The molecule has 0 radical (unpaired) electrons. The highest BCUT2D eigenvalue weighted by Crippen LogP contribution is 2.11. The van der Waals surface area contributed by atoms with Gasteiger partial charge in [0, 0.05) is 31.0 Å². The minimum absolute atomic E-state index is 0.221. The zero-order valence-corrected chi connectivity index (χ0v) is 12.3. The van der Waals surface area contributed by atoms with Crippen LogP contribution in [0.4, 0.5) is 0 Å². The quantitative estimate of drug-likeness (QED) is 0.627. The van der Waals surface area contributed by atoms with E-state index in [1.165, 1.54) is 0 Å². The molecule has 0 bridgehead atoms. The first kappa shape index (κ1) is 16.4. The van der Waals surface area contributed by atoms with E-state index in [1.54, 1.807) is 20.8 Å². The van der Waals surface area contributed by atoms with Gasteiger partial charge in [0.25, 0.3) is 9.05 Å². The fraction of sp³-hybridized carbons (Fsp3) is 1.00. The van der Waals surface area contributed by atoms with Crippen molar-refractivity contribution in [3.63, 3.8) is 0 Å². The lowest BCUT2D eigenvalue weighted by Crippen LogP contribution is -2.51. The van der Waals surface area contributed by atoms with Gasteiger partial charge < -0.3 is 13.3 Å². The molecule has 0 aromatic rings. The van der Waals surface area contributed by atoms with Gasteiger partial charge in [0.2, 0.25) is 0 Å². The summed E-state index contributed by atoms with van der Waals surface area (Å²) in [6.45, 7) is 6.47. The molecular weight excluding hydrogens is 272 g/mol. The molecule has 0 aliphatic carbocycles. The number of rotatable bonds is 9. The van der Waals surface area contributed by atoms with Gasteiger partial charge in [-0.3, -0.25) is 8.74 Å². The Labute approximate surface area is 102 Å². The second-order valence-corrected chi connectivity index (χ2v) is 7.55. The molecule has 6 nitrogen and oxygen atoms in total. The first-order valence-electron chi connectivity index (χ1n) is 4.92. The largest absolute Gasteiger partial charge is 0.529 e. The molecule has 98 valence electrons. The van der Waals surface area contributed by atoms with Gasteiger partial charge in [0.1, 0.15) is 6.23 Å². The van der Waals surface area contributed by atoms with Crippen molar-refractivity contribution in [1.82, 2.24) is 0 Å². The Bertz CT molecular complexity index is 264. The highest BCUT2D eigenvalue weighted by molar-refractivity contribution is 8.27. The van der Waals surface area contributed by atoms with Gasteiger partial charge in [-0.25, -0.2) is 0 Å². The van der Waals surface area contributed by atoms with Crippen LogP contribution in [0, 0.1) is 0 Å². The average molecular weight is 290 g/mol. The maximum Gasteiger partial charge on any atom is 0.529 e. The Morgan fingerprint density at radius 2 is 1.50 bits per heavy atom. The van der Waals surface area contributed by atoms with Gasteiger partial charge >= 0.3 is 8.80 Å². The molecule has 0 rings (SSSR count). The predicted molar refractivity (Wildman–Crippen MR) is 64.7 cm³/mol. The van der Waals surface area contributed by atoms with E-state index in [0.29, 0.717) is 19.8 Å². The third-order valence-corrected chi connectivity index (χ3v) is 5.07. The Morgan fingerprint density at radius 1 is 1.12 bits per heavy atom. The first-order valence-corrected chi connectivity index (χ1v) is 9.22. The third-order valence-electron chi connectivity index (χ3n) is 1.48. The van der Waals surface area contributed by atoms with Crippen molar-refractivity contribution in [2.75, 3.05) is 26.1 Å². The van der Waals surface area contributed by atoms with Crippen molar-refractivity contribution in [1.29, 1.82) is 0 Å². The van der Waals surface area contributed by atoms with E-state index in [1.807, 2.05) is 0 Å². The smallest absolute Gasteiger partial charge is 0.372 e. The highest BCUT2D eigenvalue weighted by atomic mass is 32.9. The van der Waals surface area contributed by atoms with Crippen LogP contribution in [0.5, 0.6) is 0 Å². The molecule has 0 spiro atoms. The van der Waals surface area contributed by atoms with E-state index in [-0.39, 0.29) is 6.23 Å². The molecule has 1 unspecified atom stereocenters. The molecule has 1 N–H and O–H groups in total. The Morgan fingerprint density at radius 3 is 1.75 bits per heavy atom. The van der Waals surface area contributed by atoms with Crippen LogP contribution >= 0.6 is 0 Å². The van der Waals surface area contributed by atoms with Crippen LogP contribution < -0.4 is 0 Å². The minimum atomic E-state index is -3.68. The molecule has 0 saturated carbocycles. The third kappa shape index (κ3) is 6.86.